The van der Waals surface area contributed by atoms with Crippen LogP contribution in [0.1, 0.15) is 12.8 Å². The Morgan fingerprint density at radius 2 is 2.00 bits per heavy atom. The zero-order valence-electron chi connectivity index (χ0n) is 9.45. The zero-order chi connectivity index (χ0) is 10.7. The molecule has 2 aliphatic heterocycles. The second kappa shape index (κ2) is 4.94. The third kappa shape index (κ3) is 2.69. The number of morpholine rings is 1. The molecule has 4 heteroatoms. The summed E-state index contributed by atoms with van der Waals surface area (Å²) in [6.07, 6.45) is 2.21. The maximum absolute atomic E-state index is 12.1. The van der Waals surface area contributed by atoms with Gasteiger partial charge in [-0.05, 0) is 26.4 Å². The monoisotopic (exact) mass is 212 g/mol. The average molecular weight is 212 g/mol. The van der Waals surface area contributed by atoms with Crippen molar-refractivity contribution in [3.8, 4) is 0 Å². The summed E-state index contributed by atoms with van der Waals surface area (Å²) in [5, 5.41) is 0. The van der Waals surface area contributed by atoms with E-state index in [-0.39, 0.29) is 5.92 Å². The third-order valence-electron chi connectivity index (χ3n) is 3.30. The van der Waals surface area contributed by atoms with Gasteiger partial charge in [0.2, 0.25) is 5.91 Å². The Bertz CT molecular complexity index is 227. The number of hydrogen-bond acceptors (Lipinski definition) is 3. The van der Waals surface area contributed by atoms with Crippen molar-refractivity contribution in [1.29, 1.82) is 0 Å². The van der Waals surface area contributed by atoms with Crippen molar-refractivity contribution < 1.29 is 9.53 Å². The molecule has 15 heavy (non-hydrogen) atoms. The van der Waals surface area contributed by atoms with E-state index in [1.165, 1.54) is 0 Å². The van der Waals surface area contributed by atoms with Gasteiger partial charge in [0.05, 0.1) is 19.1 Å². The molecular weight excluding hydrogens is 192 g/mol. The largest absolute Gasteiger partial charge is 0.378 e. The molecule has 1 atom stereocenters. The first kappa shape index (κ1) is 10.9. The smallest absolute Gasteiger partial charge is 0.227 e. The van der Waals surface area contributed by atoms with Gasteiger partial charge < -0.3 is 14.5 Å². The SMILES string of the molecule is CN1CCCC(C(=O)N2CCOCC2)C1. The summed E-state index contributed by atoms with van der Waals surface area (Å²) < 4.78 is 5.25. The van der Waals surface area contributed by atoms with Gasteiger partial charge in [0.15, 0.2) is 0 Å². The van der Waals surface area contributed by atoms with Crippen molar-refractivity contribution in [1.82, 2.24) is 9.80 Å². The Kier molecular flexibility index (Phi) is 3.59. The van der Waals surface area contributed by atoms with E-state index in [0.29, 0.717) is 19.1 Å². The highest BCUT2D eigenvalue weighted by Gasteiger charge is 2.28. The van der Waals surface area contributed by atoms with E-state index >= 15 is 0 Å². The number of amides is 1. The summed E-state index contributed by atoms with van der Waals surface area (Å²) in [7, 11) is 2.10. The van der Waals surface area contributed by atoms with Gasteiger partial charge in [-0.1, -0.05) is 0 Å². The molecule has 1 amide bonds. The number of carbonyl (C=O) groups is 1. The Morgan fingerprint density at radius 3 is 2.67 bits per heavy atom. The summed E-state index contributed by atoms with van der Waals surface area (Å²) in [5.41, 5.74) is 0. The first-order valence-electron chi connectivity index (χ1n) is 5.82. The number of ether oxygens (including phenoxy) is 1. The highest BCUT2D eigenvalue weighted by molar-refractivity contribution is 5.79. The first-order chi connectivity index (χ1) is 7.27. The van der Waals surface area contributed by atoms with Gasteiger partial charge in [0, 0.05) is 19.6 Å². The summed E-state index contributed by atoms with van der Waals surface area (Å²) in [4.78, 5) is 16.4. The van der Waals surface area contributed by atoms with Crippen LogP contribution in [0.25, 0.3) is 0 Å². The van der Waals surface area contributed by atoms with Gasteiger partial charge >= 0.3 is 0 Å². The second-order valence-electron chi connectivity index (χ2n) is 4.54. The van der Waals surface area contributed by atoms with Crippen LogP contribution in [0.4, 0.5) is 0 Å². The lowest BCUT2D eigenvalue weighted by atomic mass is 9.97. The molecular formula is C11H20N2O2. The number of piperidine rings is 1. The summed E-state index contributed by atoms with van der Waals surface area (Å²) in [5.74, 6) is 0.562. The van der Waals surface area contributed by atoms with E-state index in [9.17, 15) is 4.79 Å². The maximum Gasteiger partial charge on any atom is 0.227 e. The second-order valence-corrected chi connectivity index (χ2v) is 4.54. The summed E-state index contributed by atoms with van der Waals surface area (Å²) in [6, 6.07) is 0. The minimum atomic E-state index is 0.224. The van der Waals surface area contributed by atoms with Crippen LogP contribution in [0.3, 0.4) is 0 Å². The van der Waals surface area contributed by atoms with Crippen LogP contribution >= 0.6 is 0 Å². The van der Waals surface area contributed by atoms with Crippen LogP contribution in [0.2, 0.25) is 0 Å². The van der Waals surface area contributed by atoms with Gasteiger partial charge in [0.25, 0.3) is 0 Å². The number of hydrogen-bond donors (Lipinski definition) is 0. The number of rotatable bonds is 1. The van der Waals surface area contributed by atoms with Gasteiger partial charge in [-0.15, -0.1) is 0 Å². The lowest BCUT2D eigenvalue weighted by molar-refractivity contribution is -0.141. The highest BCUT2D eigenvalue weighted by atomic mass is 16.5. The van der Waals surface area contributed by atoms with Gasteiger partial charge in [-0.3, -0.25) is 4.79 Å². The molecule has 1 unspecified atom stereocenters. The normalized spacial score (nSPS) is 29.1. The lowest BCUT2D eigenvalue weighted by Crippen LogP contribution is -2.47. The third-order valence-corrected chi connectivity index (χ3v) is 3.30. The molecule has 0 radical (unpaired) electrons. The fourth-order valence-corrected chi connectivity index (χ4v) is 2.41. The average Bonchev–Trinajstić information content (AvgIpc) is 2.29. The molecule has 0 aromatic heterocycles. The summed E-state index contributed by atoms with van der Waals surface area (Å²) >= 11 is 0. The van der Waals surface area contributed by atoms with Crippen molar-refractivity contribution in [3.05, 3.63) is 0 Å². The van der Waals surface area contributed by atoms with Crippen molar-refractivity contribution >= 4 is 5.91 Å². The van der Waals surface area contributed by atoms with Gasteiger partial charge in [-0.25, -0.2) is 0 Å². The minimum Gasteiger partial charge on any atom is -0.378 e. The van der Waals surface area contributed by atoms with Crippen LogP contribution in [0.15, 0.2) is 0 Å². The van der Waals surface area contributed by atoms with Crippen molar-refractivity contribution in [3.63, 3.8) is 0 Å². The van der Waals surface area contributed by atoms with E-state index in [2.05, 4.69) is 11.9 Å². The molecule has 0 aromatic carbocycles. The van der Waals surface area contributed by atoms with Crippen molar-refractivity contribution in [2.75, 3.05) is 46.4 Å². The van der Waals surface area contributed by atoms with Crippen LogP contribution in [0.5, 0.6) is 0 Å². The van der Waals surface area contributed by atoms with Crippen molar-refractivity contribution in [2.45, 2.75) is 12.8 Å². The molecule has 2 rings (SSSR count). The molecule has 0 saturated carbocycles. The Labute approximate surface area is 91.2 Å². The molecule has 0 bridgehead atoms. The van der Waals surface area contributed by atoms with Gasteiger partial charge in [-0.2, -0.15) is 0 Å². The number of carbonyl (C=O) groups excluding carboxylic acids is 1. The molecule has 0 aromatic rings. The summed E-state index contributed by atoms with van der Waals surface area (Å²) in [6.45, 7) is 5.02. The van der Waals surface area contributed by atoms with Crippen LogP contribution in [-0.2, 0) is 9.53 Å². The predicted octanol–water partition coefficient (Wildman–Crippen LogP) is 0.187. The highest BCUT2D eigenvalue weighted by Crippen LogP contribution is 2.18. The first-order valence-corrected chi connectivity index (χ1v) is 5.82. The topological polar surface area (TPSA) is 32.8 Å². The standard InChI is InChI=1S/C11H20N2O2/c1-12-4-2-3-10(9-12)11(14)13-5-7-15-8-6-13/h10H,2-9H2,1H3. The zero-order valence-corrected chi connectivity index (χ0v) is 9.45. The molecule has 86 valence electrons. The Morgan fingerprint density at radius 1 is 1.27 bits per heavy atom. The van der Waals surface area contributed by atoms with Crippen LogP contribution < -0.4 is 0 Å². The maximum atomic E-state index is 12.1. The Hall–Kier alpha value is -0.610. The molecule has 2 fully saturated rings. The van der Waals surface area contributed by atoms with Gasteiger partial charge in [0.1, 0.15) is 0 Å². The Balaban J connectivity index is 1.88. The van der Waals surface area contributed by atoms with E-state index in [1.807, 2.05) is 4.90 Å². The van der Waals surface area contributed by atoms with E-state index in [4.69, 9.17) is 4.74 Å². The van der Waals surface area contributed by atoms with E-state index in [0.717, 1.165) is 39.0 Å². The van der Waals surface area contributed by atoms with Crippen LogP contribution in [0, 0.1) is 5.92 Å². The molecule has 2 aliphatic rings. The number of likely N-dealkylation sites (tertiary alicyclic amines) is 1. The molecule has 2 heterocycles. The molecule has 0 N–H and O–H groups in total. The fraction of sp³-hybridized carbons (Fsp3) is 0.909. The fourth-order valence-electron chi connectivity index (χ4n) is 2.41. The van der Waals surface area contributed by atoms with E-state index in [1.54, 1.807) is 0 Å². The molecule has 0 aliphatic carbocycles. The number of nitrogens with zero attached hydrogens (tertiary/aromatic N) is 2. The lowest BCUT2D eigenvalue weighted by Gasteiger charge is -2.34. The predicted molar refractivity (Wildman–Crippen MR) is 57.6 cm³/mol. The van der Waals surface area contributed by atoms with Crippen molar-refractivity contribution in [2.24, 2.45) is 5.92 Å². The van der Waals surface area contributed by atoms with Crippen LogP contribution in [-0.4, -0.2) is 62.1 Å². The molecule has 2 saturated heterocycles. The quantitative estimate of drug-likeness (QED) is 0.622. The van der Waals surface area contributed by atoms with E-state index < -0.39 is 0 Å². The minimum absolute atomic E-state index is 0.224. The molecule has 0 spiro atoms. The molecule has 4 nitrogen and oxygen atoms in total.